The highest BCUT2D eigenvalue weighted by molar-refractivity contribution is 7.89. The average molecular weight is 407 g/mol. The van der Waals surface area contributed by atoms with Gasteiger partial charge in [0.2, 0.25) is 10.0 Å². The highest BCUT2D eigenvalue weighted by atomic mass is 32.2. The first-order chi connectivity index (χ1) is 13.1. The van der Waals surface area contributed by atoms with Crippen molar-refractivity contribution in [1.29, 1.82) is 0 Å². The molecule has 1 fully saturated rings. The fraction of sp³-hybridized carbons (Fsp3) is 0.333. The summed E-state index contributed by atoms with van der Waals surface area (Å²) in [6.45, 7) is 0. The van der Waals surface area contributed by atoms with Crippen molar-refractivity contribution in [3.05, 3.63) is 71.3 Å². The maximum atomic E-state index is 12.8. The third-order valence-electron chi connectivity index (χ3n) is 6.16. The van der Waals surface area contributed by atoms with Crippen molar-refractivity contribution in [3.63, 3.8) is 0 Å². The molecule has 0 aliphatic heterocycles. The highest BCUT2D eigenvalue weighted by Gasteiger charge is 2.49. The molecule has 3 nitrogen and oxygen atoms in total. The van der Waals surface area contributed by atoms with Gasteiger partial charge in [-0.05, 0) is 78.0 Å². The predicted octanol–water partition coefficient (Wildman–Crippen LogP) is 5.09. The number of halogens is 3. The zero-order valence-corrected chi connectivity index (χ0v) is 15.9. The van der Waals surface area contributed by atoms with Crippen LogP contribution in [0.4, 0.5) is 13.2 Å². The van der Waals surface area contributed by atoms with E-state index in [1.165, 1.54) is 12.1 Å². The number of benzene rings is 2. The van der Waals surface area contributed by atoms with Crippen LogP contribution in [0.3, 0.4) is 0 Å². The van der Waals surface area contributed by atoms with Crippen LogP contribution in [0, 0.1) is 5.41 Å². The Morgan fingerprint density at radius 3 is 2.14 bits per heavy atom. The lowest BCUT2D eigenvalue weighted by molar-refractivity contribution is -0.137. The molecule has 0 aromatic heterocycles. The summed E-state index contributed by atoms with van der Waals surface area (Å²) in [5, 5.41) is 5.16. The van der Waals surface area contributed by atoms with Gasteiger partial charge in [-0.15, -0.1) is 0 Å². The topological polar surface area (TPSA) is 60.2 Å². The summed E-state index contributed by atoms with van der Waals surface area (Å²) in [4.78, 5) is 0.0969. The largest absolute Gasteiger partial charge is 0.416 e. The molecule has 2 aromatic carbocycles. The Kier molecular flexibility index (Phi) is 4.43. The third kappa shape index (κ3) is 3.37. The van der Waals surface area contributed by atoms with Crippen molar-refractivity contribution < 1.29 is 21.6 Å². The van der Waals surface area contributed by atoms with Crippen LogP contribution in [0.5, 0.6) is 0 Å². The Balaban J connectivity index is 1.51. The van der Waals surface area contributed by atoms with E-state index < -0.39 is 21.8 Å². The van der Waals surface area contributed by atoms with E-state index >= 15 is 0 Å². The molecule has 4 rings (SSSR count). The Morgan fingerprint density at radius 2 is 1.64 bits per heavy atom. The van der Waals surface area contributed by atoms with E-state index in [0.717, 1.165) is 54.5 Å². The number of allylic oxidation sites excluding steroid dienone is 2. The molecule has 2 N–H and O–H groups in total. The molecule has 2 aromatic rings. The van der Waals surface area contributed by atoms with E-state index in [4.69, 9.17) is 5.14 Å². The van der Waals surface area contributed by atoms with Crippen LogP contribution in [-0.2, 0) is 16.2 Å². The molecule has 1 spiro atoms. The lowest BCUT2D eigenvalue weighted by Crippen LogP contribution is -2.36. The van der Waals surface area contributed by atoms with E-state index in [-0.39, 0.29) is 10.3 Å². The van der Waals surface area contributed by atoms with Gasteiger partial charge in [0.05, 0.1) is 10.5 Å². The van der Waals surface area contributed by atoms with Crippen molar-refractivity contribution in [2.45, 2.75) is 42.7 Å². The van der Waals surface area contributed by atoms with Crippen molar-refractivity contribution in [3.8, 4) is 0 Å². The minimum absolute atomic E-state index is 0.0706. The first-order valence-electron chi connectivity index (χ1n) is 9.08. The van der Waals surface area contributed by atoms with Gasteiger partial charge in [0, 0.05) is 0 Å². The van der Waals surface area contributed by atoms with Crippen LogP contribution < -0.4 is 5.14 Å². The second-order valence-corrected chi connectivity index (χ2v) is 9.31. The molecular weight excluding hydrogens is 387 g/mol. The van der Waals surface area contributed by atoms with Gasteiger partial charge in [0.25, 0.3) is 0 Å². The minimum Gasteiger partial charge on any atom is -0.225 e. The van der Waals surface area contributed by atoms with E-state index in [0.29, 0.717) is 5.92 Å². The molecular formula is C21H20F3NO2S. The number of nitrogens with two attached hydrogens (primary N) is 1. The molecule has 7 heteroatoms. The number of primary sulfonamides is 1. The van der Waals surface area contributed by atoms with E-state index in [9.17, 15) is 21.6 Å². The number of alkyl halides is 3. The molecule has 0 bridgehead atoms. The van der Waals surface area contributed by atoms with Crippen molar-refractivity contribution in [1.82, 2.24) is 0 Å². The van der Waals surface area contributed by atoms with E-state index in [2.05, 4.69) is 6.08 Å². The fourth-order valence-corrected chi connectivity index (χ4v) is 5.02. The Labute approximate surface area is 162 Å². The maximum absolute atomic E-state index is 12.8. The summed E-state index contributed by atoms with van der Waals surface area (Å²) >= 11 is 0. The normalized spacial score (nSPS) is 24.9. The van der Waals surface area contributed by atoms with Crippen LogP contribution in [0.25, 0.3) is 5.57 Å². The van der Waals surface area contributed by atoms with Gasteiger partial charge in [-0.1, -0.05) is 30.3 Å². The molecule has 0 heterocycles. The molecule has 2 aliphatic rings. The number of hydrogen-bond acceptors (Lipinski definition) is 2. The van der Waals surface area contributed by atoms with Crippen LogP contribution in [0.2, 0.25) is 0 Å². The van der Waals surface area contributed by atoms with Crippen molar-refractivity contribution in [2.75, 3.05) is 0 Å². The molecule has 2 unspecified atom stereocenters. The van der Waals surface area contributed by atoms with Crippen LogP contribution in [-0.4, -0.2) is 8.42 Å². The predicted molar refractivity (Wildman–Crippen MR) is 101 cm³/mol. The van der Waals surface area contributed by atoms with Crippen LogP contribution >= 0.6 is 0 Å². The summed E-state index contributed by atoms with van der Waals surface area (Å²) in [5.41, 5.74) is 2.43. The molecule has 1 saturated carbocycles. The summed E-state index contributed by atoms with van der Waals surface area (Å²) < 4.78 is 61.2. The molecule has 0 saturated heterocycles. The summed E-state index contributed by atoms with van der Waals surface area (Å²) in [7, 11) is -3.71. The van der Waals surface area contributed by atoms with Crippen LogP contribution in [0.1, 0.15) is 48.3 Å². The number of hydrogen-bond donors (Lipinski definition) is 1. The first-order valence-corrected chi connectivity index (χ1v) is 10.6. The standard InChI is InChI=1S/C21H20F3NO2S/c22-21(23,24)17-5-1-14(2-6-17)16-9-11-20(13-16)12-10-19(20)15-3-7-18(8-4-15)28(25,26)27/h1-9,19H,10-13H2,(H2,25,26,27). The molecule has 2 aliphatic carbocycles. The molecule has 0 amide bonds. The van der Waals surface area contributed by atoms with Crippen molar-refractivity contribution in [2.24, 2.45) is 10.6 Å². The third-order valence-corrected chi connectivity index (χ3v) is 7.09. The zero-order chi connectivity index (χ0) is 20.2. The summed E-state index contributed by atoms with van der Waals surface area (Å²) in [6.07, 6.45) is 1.57. The Hall–Kier alpha value is -2.12. The van der Waals surface area contributed by atoms with Gasteiger partial charge in [0.15, 0.2) is 0 Å². The second-order valence-electron chi connectivity index (χ2n) is 7.75. The lowest BCUT2D eigenvalue weighted by atomic mass is 9.56. The van der Waals surface area contributed by atoms with E-state index in [1.807, 2.05) is 12.1 Å². The van der Waals surface area contributed by atoms with Gasteiger partial charge in [-0.2, -0.15) is 13.2 Å². The molecule has 28 heavy (non-hydrogen) atoms. The Morgan fingerprint density at radius 1 is 1.00 bits per heavy atom. The maximum Gasteiger partial charge on any atom is 0.416 e. The molecule has 0 radical (unpaired) electrons. The van der Waals surface area contributed by atoms with Gasteiger partial charge in [0.1, 0.15) is 0 Å². The van der Waals surface area contributed by atoms with Crippen LogP contribution in [0.15, 0.2) is 59.5 Å². The molecule has 148 valence electrons. The monoisotopic (exact) mass is 407 g/mol. The van der Waals surface area contributed by atoms with Gasteiger partial charge >= 0.3 is 6.18 Å². The van der Waals surface area contributed by atoms with Gasteiger partial charge < -0.3 is 0 Å². The van der Waals surface area contributed by atoms with Crippen molar-refractivity contribution >= 4 is 15.6 Å². The second kappa shape index (κ2) is 6.46. The average Bonchev–Trinajstić information content (AvgIpc) is 3.08. The summed E-state index contributed by atoms with van der Waals surface area (Å²) in [6, 6.07) is 12.1. The lowest BCUT2D eigenvalue weighted by Gasteiger charge is -2.48. The highest BCUT2D eigenvalue weighted by Crippen LogP contribution is 2.62. The SMILES string of the molecule is NS(=O)(=O)c1ccc(C2CCC23CC=C(c2ccc(C(F)(F)F)cc2)C3)cc1. The zero-order valence-electron chi connectivity index (χ0n) is 15.0. The first kappa shape index (κ1) is 19.2. The van der Waals surface area contributed by atoms with Gasteiger partial charge in [-0.3, -0.25) is 0 Å². The number of sulfonamides is 1. The number of rotatable bonds is 3. The van der Waals surface area contributed by atoms with Gasteiger partial charge in [-0.25, -0.2) is 13.6 Å². The smallest absolute Gasteiger partial charge is 0.225 e. The molecule has 2 atom stereocenters. The minimum atomic E-state index is -4.33. The quantitative estimate of drug-likeness (QED) is 0.770. The fourth-order valence-electron chi connectivity index (χ4n) is 4.51. The Bertz CT molecular complexity index is 1020. The summed E-state index contributed by atoms with van der Waals surface area (Å²) in [5.74, 6) is 0.310. The van der Waals surface area contributed by atoms with E-state index in [1.54, 1.807) is 12.1 Å².